The van der Waals surface area contributed by atoms with Crippen molar-refractivity contribution in [2.45, 2.75) is 26.6 Å². The van der Waals surface area contributed by atoms with Gasteiger partial charge in [-0.05, 0) is 49.7 Å². The molecule has 2 aromatic rings. The first kappa shape index (κ1) is 24.1. The molecule has 1 amide bonds. The molecule has 2 N–H and O–H groups in total. The summed E-state index contributed by atoms with van der Waals surface area (Å²) in [5.74, 6) is -1.30. The third-order valence-corrected chi connectivity index (χ3v) is 4.89. The number of nitrogens with one attached hydrogen (secondary N) is 1. The topological polar surface area (TPSA) is 76.4 Å². The summed E-state index contributed by atoms with van der Waals surface area (Å²) < 4.78 is 51.6. The molecular formula is C21H23F4N4O2+. The molecular weight excluding hydrogens is 416 g/mol. The number of hydroxylamine groups is 2. The van der Waals surface area contributed by atoms with Crippen LogP contribution in [0.2, 0.25) is 0 Å². The Balaban J connectivity index is 2.21. The highest BCUT2D eigenvalue weighted by Crippen LogP contribution is 2.29. The van der Waals surface area contributed by atoms with Crippen molar-refractivity contribution < 1.29 is 32.3 Å². The van der Waals surface area contributed by atoms with Crippen molar-refractivity contribution in [3.8, 4) is 6.07 Å². The van der Waals surface area contributed by atoms with Gasteiger partial charge in [0, 0.05) is 0 Å². The second-order valence-corrected chi connectivity index (χ2v) is 6.82. The Morgan fingerprint density at radius 2 is 1.77 bits per heavy atom. The molecule has 6 nitrogen and oxygen atoms in total. The molecule has 0 spiro atoms. The standard InChI is InChI=1S/C21H23F4N4O2/c1-3-29(31,4-2)28(14-15-5-8-17(9-6-15)21(23,24)25)20(30)13-27-19-10-7-16(12-26)11-18(19)22/h5-11,27,31H,3-4,13-14H2,1-2H3/q+1. The summed E-state index contributed by atoms with van der Waals surface area (Å²) in [4.78, 5) is 12.9. The fourth-order valence-corrected chi connectivity index (χ4v) is 2.95. The number of halogens is 4. The van der Waals surface area contributed by atoms with Crippen molar-refractivity contribution in [3.63, 3.8) is 0 Å². The van der Waals surface area contributed by atoms with Crippen LogP contribution in [-0.4, -0.2) is 40.5 Å². The Bertz CT molecular complexity index is 951. The second kappa shape index (κ2) is 9.76. The summed E-state index contributed by atoms with van der Waals surface area (Å²) in [5.41, 5.74) is -0.292. The minimum absolute atomic E-state index is 0.00543. The van der Waals surface area contributed by atoms with Gasteiger partial charge in [0.2, 0.25) is 0 Å². The van der Waals surface area contributed by atoms with Crippen LogP contribution in [0.1, 0.15) is 30.5 Å². The van der Waals surface area contributed by atoms with Crippen molar-refractivity contribution in [3.05, 3.63) is 65.0 Å². The quantitative estimate of drug-likeness (QED) is 0.365. The lowest BCUT2D eigenvalue weighted by Crippen LogP contribution is -2.60. The van der Waals surface area contributed by atoms with Gasteiger partial charge >= 0.3 is 6.18 Å². The van der Waals surface area contributed by atoms with E-state index in [4.69, 9.17) is 5.26 Å². The smallest absolute Gasteiger partial charge is 0.374 e. The van der Waals surface area contributed by atoms with Gasteiger partial charge in [0.15, 0.2) is 0 Å². The predicted octanol–water partition coefficient (Wildman–Crippen LogP) is 4.32. The van der Waals surface area contributed by atoms with E-state index in [1.807, 2.05) is 0 Å². The molecule has 2 rings (SSSR count). The first-order valence-corrected chi connectivity index (χ1v) is 9.54. The number of carbonyl (C=O) groups is 1. The molecule has 0 unspecified atom stereocenters. The Hall–Kier alpha value is -3.16. The SMILES string of the molecule is CC[N+](O)(CC)N(Cc1ccc(C(F)(F)F)cc1)C(=O)CNc1ccc(C#N)cc1F. The molecule has 0 heterocycles. The highest BCUT2D eigenvalue weighted by Gasteiger charge is 2.36. The van der Waals surface area contributed by atoms with Crippen LogP contribution in [-0.2, 0) is 17.5 Å². The summed E-state index contributed by atoms with van der Waals surface area (Å²) in [7, 11) is 0. The molecule has 10 heteroatoms. The first-order valence-electron chi connectivity index (χ1n) is 9.54. The molecule has 0 saturated heterocycles. The number of benzene rings is 2. The van der Waals surface area contributed by atoms with Gasteiger partial charge in [-0.2, -0.15) is 28.6 Å². The van der Waals surface area contributed by atoms with Crippen molar-refractivity contribution in [2.75, 3.05) is 25.0 Å². The zero-order chi connectivity index (χ0) is 23.2. The van der Waals surface area contributed by atoms with Gasteiger partial charge in [-0.3, -0.25) is 4.79 Å². The van der Waals surface area contributed by atoms with Gasteiger partial charge in [0.1, 0.15) is 25.5 Å². The van der Waals surface area contributed by atoms with E-state index in [9.17, 15) is 27.6 Å². The Kier molecular flexibility index (Phi) is 7.60. The maximum Gasteiger partial charge on any atom is 0.416 e. The fourth-order valence-electron chi connectivity index (χ4n) is 2.95. The normalized spacial score (nSPS) is 11.7. The monoisotopic (exact) mass is 439 g/mol. The summed E-state index contributed by atoms with van der Waals surface area (Å²) >= 11 is 0. The average molecular weight is 439 g/mol. The molecule has 0 aliphatic rings. The lowest BCUT2D eigenvalue weighted by atomic mass is 10.1. The number of hydrogen-bond donors (Lipinski definition) is 2. The molecule has 0 bridgehead atoms. The van der Waals surface area contributed by atoms with Gasteiger partial charge in [-0.15, -0.1) is 0 Å². The first-order chi connectivity index (χ1) is 14.5. The van der Waals surface area contributed by atoms with Crippen LogP contribution in [0.4, 0.5) is 23.2 Å². The van der Waals surface area contributed by atoms with Gasteiger partial charge in [0.05, 0.1) is 29.4 Å². The lowest BCUT2D eigenvalue weighted by Gasteiger charge is -2.37. The van der Waals surface area contributed by atoms with E-state index >= 15 is 0 Å². The number of amides is 1. The second-order valence-electron chi connectivity index (χ2n) is 6.82. The number of quaternary nitrogens is 1. The van der Waals surface area contributed by atoms with Crippen molar-refractivity contribution >= 4 is 11.6 Å². The number of rotatable bonds is 8. The van der Waals surface area contributed by atoms with Crippen molar-refractivity contribution in [2.24, 2.45) is 0 Å². The molecule has 0 aliphatic carbocycles. The molecule has 0 radical (unpaired) electrons. The zero-order valence-electron chi connectivity index (χ0n) is 17.1. The molecule has 0 aliphatic heterocycles. The third-order valence-electron chi connectivity index (χ3n) is 4.89. The molecule has 0 saturated carbocycles. The largest absolute Gasteiger partial charge is 0.416 e. The van der Waals surface area contributed by atoms with E-state index in [1.165, 1.54) is 24.3 Å². The lowest BCUT2D eigenvalue weighted by molar-refractivity contribution is -1.18. The van der Waals surface area contributed by atoms with Crippen molar-refractivity contribution in [1.29, 1.82) is 5.26 Å². The van der Waals surface area contributed by atoms with E-state index < -0.39 is 28.2 Å². The average Bonchev–Trinajstić information content (AvgIpc) is 2.75. The van der Waals surface area contributed by atoms with Crippen molar-refractivity contribution in [1.82, 2.24) is 5.01 Å². The Morgan fingerprint density at radius 1 is 1.16 bits per heavy atom. The van der Waals surface area contributed by atoms with E-state index in [0.29, 0.717) is 5.56 Å². The van der Waals surface area contributed by atoms with Crippen LogP contribution >= 0.6 is 0 Å². The number of anilines is 1. The predicted molar refractivity (Wildman–Crippen MR) is 105 cm³/mol. The van der Waals surface area contributed by atoms with Crippen LogP contribution in [0.15, 0.2) is 42.5 Å². The van der Waals surface area contributed by atoms with Crippen LogP contribution in [0, 0.1) is 17.1 Å². The van der Waals surface area contributed by atoms with E-state index in [2.05, 4.69) is 5.32 Å². The minimum atomic E-state index is -4.48. The van der Waals surface area contributed by atoms with Crippen LogP contribution in [0.25, 0.3) is 0 Å². The molecule has 31 heavy (non-hydrogen) atoms. The maximum atomic E-state index is 14.1. The third kappa shape index (κ3) is 5.93. The van der Waals surface area contributed by atoms with Crippen LogP contribution in [0.5, 0.6) is 0 Å². The van der Waals surface area contributed by atoms with E-state index in [1.54, 1.807) is 19.9 Å². The fraction of sp³-hybridized carbons (Fsp3) is 0.333. The van der Waals surface area contributed by atoms with Crippen LogP contribution < -0.4 is 5.32 Å². The molecule has 0 aromatic heterocycles. The number of carbonyl (C=O) groups excluding carboxylic acids is 1. The van der Waals surface area contributed by atoms with Gasteiger partial charge < -0.3 is 5.32 Å². The highest BCUT2D eigenvalue weighted by atomic mass is 19.4. The minimum Gasteiger partial charge on any atom is -0.374 e. The molecule has 0 fully saturated rings. The molecule has 0 atom stereocenters. The molecule has 166 valence electrons. The van der Waals surface area contributed by atoms with Crippen LogP contribution in [0.3, 0.4) is 0 Å². The summed E-state index contributed by atoms with van der Waals surface area (Å²) in [6.45, 7) is 3.06. The Morgan fingerprint density at radius 3 is 2.26 bits per heavy atom. The van der Waals surface area contributed by atoms with Gasteiger partial charge in [-0.1, -0.05) is 16.9 Å². The number of nitriles is 1. The highest BCUT2D eigenvalue weighted by molar-refractivity contribution is 5.80. The number of nitrogens with zero attached hydrogens (tertiary/aromatic N) is 3. The maximum absolute atomic E-state index is 14.1. The van der Waals surface area contributed by atoms with Gasteiger partial charge in [0.25, 0.3) is 5.91 Å². The summed E-state index contributed by atoms with van der Waals surface area (Å²) in [5, 5.41) is 23.4. The Labute approximate surface area is 177 Å². The van der Waals surface area contributed by atoms with E-state index in [-0.39, 0.29) is 37.4 Å². The number of hydrogen-bond acceptors (Lipinski definition) is 4. The summed E-state index contributed by atoms with van der Waals surface area (Å²) in [6.07, 6.45) is -4.48. The van der Waals surface area contributed by atoms with E-state index in [0.717, 1.165) is 23.2 Å². The number of alkyl halides is 3. The molecule has 2 aromatic carbocycles. The van der Waals surface area contributed by atoms with Gasteiger partial charge in [-0.25, -0.2) is 4.39 Å². The summed E-state index contributed by atoms with van der Waals surface area (Å²) in [6, 6.07) is 9.84. The zero-order valence-corrected chi connectivity index (χ0v) is 17.1.